The van der Waals surface area contributed by atoms with Gasteiger partial charge in [-0.2, -0.15) is 0 Å². The third-order valence-electron chi connectivity index (χ3n) is 4.35. The van der Waals surface area contributed by atoms with Crippen molar-refractivity contribution in [3.05, 3.63) is 78.3 Å². The van der Waals surface area contributed by atoms with Crippen LogP contribution in [0.4, 0.5) is 0 Å². The van der Waals surface area contributed by atoms with Crippen molar-refractivity contribution in [3.8, 4) is 10.6 Å². The number of esters is 1. The zero-order valence-electron chi connectivity index (χ0n) is 15.6. The molecule has 0 aliphatic carbocycles. The van der Waals surface area contributed by atoms with E-state index in [9.17, 15) is 9.59 Å². The molecule has 6 nitrogen and oxygen atoms in total. The lowest BCUT2D eigenvalue weighted by Gasteiger charge is -2.12. The second-order valence-electron chi connectivity index (χ2n) is 6.41. The van der Waals surface area contributed by atoms with Crippen molar-refractivity contribution in [1.29, 1.82) is 0 Å². The van der Waals surface area contributed by atoms with Crippen LogP contribution in [-0.2, 0) is 9.53 Å². The van der Waals surface area contributed by atoms with Crippen LogP contribution in [0.15, 0.2) is 71.3 Å². The number of hydrogen-bond acceptors (Lipinski definition) is 6. The van der Waals surface area contributed by atoms with Crippen LogP contribution in [0.1, 0.15) is 29.1 Å². The first-order valence-corrected chi connectivity index (χ1v) is 9.88. The number of aromatic nitrogens is 1. The predicted octanol–water partition coefficient (Wildman–Crippen LogP) is 4.59. The Bertz CT molecular complexity index is 1120. The Morgan fingerprint density at radius 3 is 2.69 bits per heavy atom. The number of benzene rings is 2. The molecule has 0 spiro atoms. The van der Waals surface area contributed by atoms with Gasteiger partial charge in [0.2, 0.25) is 0 Å². The van der Waals surface area contributed by atoms with E-state index in [1.807, 2.05) is 36.4 Å². The number of fused-ring (bicyclic) bond motifs is 1. The van der Waals surface area contributed by atoms with Crippen LogP contribution < -0.4 is 5.32 Å². The summed E-state index contributed by atoms with van der Waals surface area (Å²) in [4.78, 5) is 29.4. The summed E-state index contributed by atoms with van der Waals surface area (Å²) in [6.07, 6.45) is 1.54. The summed E-state index contributed by atoms with van der Waals surface area (Å²) < 4.78 is 11.5. The molecular formula is C22H18N2O4S. The molecule has 1 N–H and O–H groups in total. The van der Waals surface area contributed by atoms with Crippen molar-refractivity contribution >= 4 is 33.4 Å². The average Bonchev–Trinajstić information content (AvgIpc) is 3.41. The van der Waals surface area contributed by atoms with E-state index in [1.54, 1.807) is 31.2 Å². The largest absolute Gasteiger partial charge is 0.467 e. The fraction of sp³-hybridized carbons (Fsp3) is 0.136. The smallest absolute Gasteiger partial charge is 0.339 e. The number of furan rings is 1. The summed E-state index contributed by atoms with van der Waals surface area (Å²) in [6.45, 7) is 1.42. The molecule has 2 aromatic carbocycles. The highest BCUT2D eigenvalue weighted by Gasteiger charge is 2.19. The monoisotopic (exact) mass is 406 g/mol. The Kier molecular flexibility index (Phi) is 5.39. The number of amides is 1. The minimum atomic E-state index is -0.569. The predicted molar refractivity (Wildman–Crippen MR) is 111 cm³/mol. The van der Waals surface area contributed by atoms with Crippen molar-refractivity contribution in [2.75, 3.05) is 6.61 Å². The fourth-order valence-electron chi connectivity index (χ4n) is 2.94. The van der Waals surface area contributed by atoms with E-state index in [4.69, 9.17) is 9.15 Å². The molecular weight excluding hydrogens is 388 g/mol. The third-order valence-corrected chi connectivity index (χ3v) is 5.42. The van der Waals surface area contributed by atoms with Crippen LogP contribution in [0.3, 0.4) is 0 Å². The Hall–Kier alpha value is -3.45. The molecule has 0 radical (unpaired) electrons. The van der Waals surface area contributed by atoms with Crippen LogP contribution in [0.2, 0.25) is 0 Å². The number of nitrogens with zero attached hydrogens (tertiary/aromatic N) is 1. The van der Waals surface area contributed by atoms with Crippen LogP contribution in [0.5, 0.6) is 0 Å². The van der Waals surface area contributed by atoms with E-state index in [0.717, 1.165) is 15.2 Å². The number of thiazole rings is 1. The van der Waals surface area contributed by atoms with Gasteiger partial charge in [-0.1, -0.05) is 30.3 Å². The van der Waals surface area contributed by atoms with Crippen LogP contribution in [-0.4, -0.2) is 23.5 Å². The summed E-state index contributed by atoms with van der Waals surface area (Å²) >= 11 is 1.50. The first kappa shape index (κ1) is 18.9. The van der Waals surface area contributed by atoms with Gasteiger partial charge in [0, 0.05) is 5.56 Å². The molecule has 2 heterocycles. The molecule has 29 heavy (non-hydrogen) atoms. The zero-order valence-corrected chi connectivity index (χ0v) is 16.4. The van der Waals surface area contributed by atoms with Gasteiger partial charge in [0.1, 0.15) is 10.8 Å². The standard InChI is InChI=1S/C22H18N2O4S/c1-14(18-10-6-12-27-18)23-20(25)13-28-22(26)16-8-3-2-7-15(16)21-24-17-9-4-5-11-19(17)29-21/h2-12,14H,13H2,1H3,(H,23,25)/t14-/m1/s1. The van der Waals surface area contributed by atoms with E-state index in [1.165, 1.54) is 17.6 Å². The number of carbonyl (C=O) groups excluding carboxylic acids is 2. The maximum atomic E-state index is 12.6. The van der Waals surface area contributed by atoms with Gasteiger partial charge < -0.3 is 14.5 Å². The molecule has 0 bridgehead atoms. The zero-order chi connectivity index (χ0) is 20.2. The van der Waals surface area contributed by atoms with Crippen LogP contribution >= 0.6 is 11.3 Å². The summed E-state index contributed by atoms with van der Waals surface area (Å²) in [5.74, 6) is -0.341. The van der Waals surface area contributed by atoms with E-state index in [-0.39, 0.29) is 12.6 Å². The highest BCUT2D eigenvalue weighted by Crippen LogP contribution is 2.32. The molecule has 2 aromatic heterocycles. The van der Waals surface area contributed by atoms with E-state index in [2.05, 4.69) is 10.3 Å². The molecule has 0 unspecified atom stereocenters. The molecule has 4 rings (SSSR count). The maximum Gasteiger partial charge on any atom is 0.339 e. The lowest BCUT2D eigenvalue weighted by atomic mass is 10.1. The van der Waals surface area contributed by atoms with Crippen LogP contribution in [0, 0.1) is 0 Å². The van der Waals surface area contributed by atoms with Crippen LogP contribution in [0.25, 0.3) is 20.8 Å². The minimum Gasteiger partial charge on any atom is -0.467 e. The van der Waals surface area contributed by atoms with Crippen molar-refractivity contribution in [1.82, 2.24) is 10.3 Å². The lowest BCUT2D eigenvalue weighted by Crippen LogP contribution is -2.31. The number of hydrogen-bond donors (Lipinski definition) is 1. The highest BCUT2D eigenvalue weighted by atomic mass is 32.1. The van der Waals surface area contributed by atoms with Gasteiger partial charge in [-0.15, -0.1) is 11.3 Å². The minimum absolute atomic E-state index is 0.314. The molecule has 4 aromatic rings. The molecule has 1 amide bonds. The van der Waals surface area contributed by atoms with Gasteiger partial charge in [-0.25, -0.2) is 9.78 Å². The Morgan fingerprint density at radius 2 is 1.90 bits per heavy atom. The fourth-order valence-corrected chi connectivity index (χ4v) is 3.94. The number of ether oxygens (including phenoxy) is 1. The summed E-state index contributed by atoms with van der Waals surface area (Å²) in [5.41, 5.74) is 1.93. The second kappa shape index (κ2) is 8.28. The van der Waals surface area contributed by atoms with E-state index >= 15 is 0 Å². The van der Waals surface area contributed by atoms with Crippen molar-refractivity contribution in [2.45, 2.75) is 13.0 Å². The van der Waals surface area contributed by atoms with Gasteiger partial charge in [0.05, 0.1) is 28.1 Å². The Morgan fingerprint density at radius 1 is 1.10 bits per heavy atom. The summed E-state index contributed by atoms with van der Waals surface area (Å²) in [5, 5.41) is 3.46. The van der Waals surface area contributed by atoms with Crippen molar-refractivity contribution in [2.24, 2.45) is 0 Å². The number of para-hydroxylation sites is 1. The molecule has 7 heteroatoms. The molecule has 0 saturated carbocycles. The van der Waals surface area contributed by atoms with Gasteiger partial charge in [0.25, 0.3) is 5.91 Å². The van der Waals surface area contributed by atoms with Gasteiger partial charge in [0.15, 0.2) is 6.61 Å². The Labute approximate surface area is 171 Å². The normalized spacial score (nSPS) is 11.9. The first-order chi connectivity index (χ1) is 14.1. The third kappa shape index (κ3) is 4.20. The summed E-state index contributed by atoms with van der Waals surface area (Å²) in [7, 11) is 0. The van der Waals surface area contributed by atoms with Gasteiger partial charge >= 0.3 is 5.97 Å². The molecule has 0 fully saturated rings. The van der Waals surface area contributed by atoms with Crippen molar-refractivity contribution in [3.63, 3.8) is 0 Å². The second-order valence-corrected chi connectivity index (χ2v) is 7.44. The lowest BCUT2D eigenvalue weighted by molar-refractivity contribution is -0.125. The molecule has 0 aliphatic heterocycles. The molecule has 0 aliphatic rings. The van der Waals surface area contributed by atoms with Crippen molar-refractivity contribution < 1.29 is 18.7 Å². The van der Waals surface area contributed by atoms with Gasteiger partial charge in [-0.3, -0.25) is 4.79 Å². The number of nitrogens with one attached hydrogen (secondary N) is 1. The molecule has 1 atom stereocenters. The average molecular weight is 406 g/mol. The number of carbonyl (C=O) groups is 2. The maximum absolute atomic E-state index is 12.6. The molecule has 0 saturated heterocycles. The topological polar surface area (TPSA) is 81.4 Å². The SMILES string of the molecule is C[C@@H](NC(=O)COC(=O)c1ccccc1-c1nc2ccccc2s1)c1ccco1. The first-order valence-electron chi connectivity index (χ1n) is 9.06. The van der Waals surface area contributed by atoms with E-state index < -0.39 is 11.9 Å². The quantitative estimate of drug-likeness (QED) is 0.474. The Balaban J connectivity index is 1.46. The summed E-state index contributed by atoms with van der Waals surface area (Å²) in [6, 6.07) is 18.1. The van der Waals surface area contributed by atoms with Gasteiger partial charge in [-0.05, 0) is 37.3 Å². The van der Waals surface area contributed by atoms with E-state index in [0.29, 0.717) is 16.9 Å². The molecule has 146 valence electrons. The highest BCUT2D eigenvalue weighted by molar-refractivity contribution is 7.21. The number of rotatable bonds is 6.